The van der Waals surface area contributed by atoms with E-state index in [-0.39, 0.29) is 35.8 Å². The Morgan fingerprint density at radius 3 is 2.05 bits per heavy atom. The van der Waals surface area contributed by atoms with Crippen LogP contribution >= 0.6 is 0 Å². The van der Waals surface area contributed by atoms with Crippen LogP contribution in [0, 0.1) is 11.3 Å². The number of amides is 2. The zero-order chi connectivity index (χ0) is 28.2. The first-order valence-electron chi connectivity index (χ1n) is 13.4. The molecule has 0 unspecified atom stereocenters. The molecule has 3 atom stereocenters. The number of carbonyl (C=O) groups is 3. The van der Waals surface area contributed by atoms with E-state index in [1.54, 1.807) is 31.9 Å². The van der Waals surface area contributed by atoms with Crippen molar-refractivity contribution in [1.29, 1.82) is 0 Å². The number of ether oxygens (including phenoxy) is 1. The summed E-state index contributed by atoms with van der Waals surface area (Å²) in [5.74, 6) is -0.553. The van der Waals surface area contributed by atoms with E-state index in [0.717, 1.165) is 25.8 Å². The first kappa shape index (κ1) is 32.4. The van der Waals surface area contributed by atoms with Gasteiger partial charge < -0.3 is 15.0 Å². The largest absolute Gasteiger partial charge is 0.463 e. The normalized spacial score (nSPS) is 18.2. The molecule has 1 saturated heterocycles. The first-order valence-corrected chi connectivity index (χ1v) is 13.4. The van der Waals surface area contributed by atoms with Crippen molar-refractivity contribution in [3.05, 3.63) is 48.0 Å². The number of benzene rings is 1. The first-order chi connectivity index (χ1) is 17.3. The number of likely N-dealkylation sites (tertiary alicyclic amines) is 1. The number of rotatable bonds is 8. The fourth-order valence-corrected chi connectivity index (χ4v) is 4.35. The molecule has 208 valence electrons. The molecule has 0 aliphatic carbocycles. The molecule has 7 nitrogen and oxygen atoms in total. The molecule has 1 aromatic rings. The Bertz CT molecular complexity index is 850. The number of hydrogen-bond donors (Lipinski definition) is 1. The summed E-state index contributed by atoms with van der Waals surface area (Å²) in [5.41, 5.74) is 0.00994. The highest BCUT2D eigenvalue weighted by Crippen LogP contribution is 2.25. The molecular weight excluding hydrogens is 466 g/mol. The van der Waals surface area contributed by atoms with E-state index in [9.17, 15) is 14.4 Å². The van der Waals surface area contributed by atoms with Gasteiger partial charge in [0.05, 0.1) is 18.7 Å². The summed E-state index contributed by atoms with van der Waals surface area (Å²) in [6, 6.07) is 10.8. The van der Waals surface area contributed by atoms with Gasteiger partial charge >= 0.3 is 5.97 Å². The van der Waals surface area contributed by atoms with E-state index < -0.39 is 11.5 Å². The molecule has 0 aromatic heterocycles. The van der Waals surface area contributed by atoms with Crippen molar-refractivity contribution >= 4 is 17.8 Å². The number of likely N-dealkylation sites (N-methyl/N-ethyl adjacent to an activating group) is 2. The topological polar surface area (TPSA) is 79.0 Å². The van der Waals surface area contributed by atoms with Gasteiger partial charge in [0.25, 0.3) is 0 Å². The molecule has 1 aliphatic heterocycles. The van der Waals surface area contributed by atoms with Crippen LogP contribution in [-0.2, 0) is 19.1 Å². The lowest BCUT2D eigenvalue weighted by Gasteiger charge is -2.39. The number of hydrogen-bond acceptors (Lipinski definition) is 5. The molecule has 1 aliphatic rings. The van der Waals surface area contributed by atoms with Crippen LogP contribution in [0.5, 0.6) is 0 Å². The summed E-state index contributed by atoms with van der Waals surface area (Å²) < 4.78 is 5.08. The zero-order valence-electron chi connectivity index (χ0n) is 24.4. The van der Waals surface area contributed by atoms with Gasteiger partial charge in [-0.2, -0.15) is 0 Å². The summed E-state index contributed by atoms with van der Waals surface area (Å²) in [6.45, 7) is 14.5. The van der Waals surface area contributed by atoms with E-state index >= 15 is 0 Å². The molecule has 0 spiro atoms. The van der Waals surface area contributed by atoms with Crippen molar-refractivity contribution in [2.24, 2.45) is 11.3 Å². The van der Waals surface area contributed by atoms with Gasteiger partial charge in [-0.05, 0) is 51.6 Å². The Kier molecular flexibility index (Phi) is 13.6. The van der Waals surface area contributed by atoms with Crippen molar-refractivity contribution in [3.8, 4) is 0 Å². The highest BCUT2D eigenvalue weighted by atomic mass is 16.5. The van der Waals surface area contributed by atoms with Gasteiger partial charge in [-0.1, -0.05) is 83.5 Å². The molecule has 0 saturated carbocycles. The third kappa shape index (κ3) is 10.7. The van der Waals surface area contributed by atoms with Crippen LogP contribution in [0.2, 0.25) is 0 Å². The summed E-state index contributed by atoms with van der Waals surface area (Å²) in [6.07, 6.45) is 4.70. The Labute approximate surface area is 224 Å². The van der Waals surface area contributed by atoms with Crippen molar-refractivity contribution in [3.63, 3.8) is 0 Å². The Hall–Kier alpha value is -2.67. The number of carbonyl (C=O) groups excluding carboxylic acids is 3. The predicted octanol–water partition coefficient (Wildman–Crippen LogP) is 4.68. The number of esters is 1. The van der Waals surface area contributed by atoms with Crippen molar-refractivity contribution in [2.45, 2.75) is 85.9 Å². The Morgan fingerprint density at radius 1 is 1.08 bits per heavy atom. The van der Waals surface area contributed by atoms with E-state index in [1.165, 1.54) is 0 Å². The van der Waals surface area contributed by atoms with Crippen LogP contribution in [0.3, 0.4) is 0 Å². The van der Waals surface area contributed by atoms with Gasteiger partial charge in [0.1, 0.15) is 6.04 Å². The van der Waals surface area contributed by atoms with Crippen LogP contribution in [0.4, 0.5) is 0 Å². The van der Waals surface area contributed by atoms with Crippen LogP contribution < -0.4 is 5.32 Å². The van der Waals surface area contributed by atoms with Crippen molar-refractivity contribution < 1.29 is 19.1 Å². The highest BCUT2D eigenvalue weighted by molar-refractivity contribution is 5.91. The molecule has 2 amide bonds. The molecule has 1 N–H and O–H groups in total. The van der Waals surface area contributed by atoms with Crippen LogP contribution in [0.15, 0.2) is 48.0 Å². The number of nitrogens with one attached hydrogen (secondary N) is 1. The van der Waals surface area contributed by atoms with E-state index in [1.807, 2.05) is 78.1 Å². The fourth-order valence-electron chi connectivity index (χ4n) is 4.35. The average Bonchev–Trinajstić information content (AvgIpc) is 2.85. The summed E-state index contributed by atoms with van der Waals surface area (Å²) >= 11 is 0. The minimum atomic E-state index is -0.669. The van der Waals surface area contributed by atoms with Crippen LogP contribution in [-0.4, -0.2) is 73.0 Å². The van der Waals surface area contributed by atoms with E-state index in [0.29, 0.717) is 12.2 Å². The second kappa shape index (κ2) is 15.6. The quantitative estimate of drug-likeness (QED) is 0.402. The van der Waals surface area contributed by atoms with Gasteiger partial charge in [0.2, 0.25) is 11.8 Å². The smallest absolute Gasteiger partial charge is 0.333 e. The minimum Gasteiger partial charge on any atom is -0.463 e. The Morgan fingerprint density at radius 2 is 1.62 bits per heavy atom. The zero-order valence-corrected chi connectivity index (χ0v) is 24.4. The van der Waals surface area contributed by atoms with Gasteiger partial charge in [0, 0.05) is 12.6 Å². The molecule has 2 rings (SSSR count). The second-order valence-corrected chi connectivity index (χ2v) is 11.2. The van der Waals surface area contributed by atoms with Crippen LogP contribution in [0.25, 0.3) is 0 Å². The molecule has 37 heavy (non-hydrogen) atoms. The summed E-state index contributed by atoms with van der Waals surface area (Å²) in [7, 11) is 3.70. The monoisotopic (exact) mass is 515 g/mol. The maximum atomic E-state index is 13.6. The van der Waals surface area contributed by atoms with E-state index in [2.05, 4.69) is 10.2 Å². The molecule has 1 heterocycles. The minimum absolute atomic E-state index is 0.0825. The van der Waals surface area contributed by atoms with Gasteiger partial charge in [0.15, 0.2) is 0 Å². The molecule has 1 aromatic carbocycles. The van der Waals surface area contributed by atoms with Gasteiger partial charge in [-0.15, -0.1) is 0 Å². The summed E-state index contributed by atoms with van der Waals surface area (Å²) in [5, 5.41) is 3.04. The molecule has 1 fully saturated rings. The maximum absolute atomic E-state index is 13.6. The molecule has 7 heteroatoms. The van der Waals surface area contributed by atoms with Gasteiger partial charge in [-0.3, -0.25) is 14.5 Å². The Balaban J connectivity index is 0.000000992. The van der Waals surface area contributed by atoms with Crippen molar-refractivity contribution in [2.75, 3.05) is 27.2 Å². The molecule has 0 bridgehead atoms. The summed E-state index contributed by atoms with van der Waals surface area (Å²) in [4.78, 5) is 42.4. The standard InChI is InChI=1S/C24H43N3O4.C6H6/c1-10-31-23(30)17(4)15-19(16(2)3)27(9)22(29)20(24(5,6)7)25-21(28)18-13-11-12-14-26(18)8;1-2-4-6-5-3-1/h15-16,18-20H,10-14H2,1-9H3,(H,25,28);1-6H/b17-15+;/t18-,19-,20-;/m1./s1. The van der Waals surface area contributed by atoms with Crippen molar-refractivity contribution in [1.82, 2.24) is 15.1 Å². The number of piperidine rings is 1. The lowest BCUT2D eigenvalue weighted by atomic mass is 9.84. The second-order valence-electron chi connectivity index (χ2n) is 11.2. The molecule has 0 radical (unpaired) electrons. The lowest BCUT2D eigenvalue weighted by molar-refractivity contribution is -0.141. The molecular formula is C30H49N3O4. The fraction of sp³-hybridized carbons (Fsp3) is 0.633. The van der Waals surface area contributed by atoms with Crippen LogP contribution in [0.1, 0.15) is 67.7 Å². The number of nitrogens with zero attached hydrogens (tertiary/aromatic N) is 2. The average molecular weight is 516 g/mol. The SMILES string of the molecule is CCOC(=O)/C(C)=C/[C@H](C(C)C)N(C)C(=O)[C@@H](NC(=O)[C@H]1CCCCN1C)C(C)(C)C.c1ccccc1. The van der Waals surface area contributed by atoms with Gasteiger partial charge in [-0.25, -0.2) is 4.79 Å². The third-order valence-electron chi connectivity index (χ3n) is 6.64. The van der Waals surface area contributed by atoms with E-state index in [4.69, 9.17) is 4.74 Å². The lowest BCUT2D eigenvalue weighted by Crippen LogP contribution is -2.59. The highest BCUT2D eigenvalue weighted by Gasteiger charge is 2.39. The maximum Gasteiger partial charge on any atom is 0.333 e. The predicted molar refractivity (Wildman–Crippen MR) is 150 cm³/mol. The third-order valence-corrected chi connectivity index (χ3v) is 6.64.